The number of ether oxygens (including phenoxy) is 1. The molecule has 1 N–H and O–H groups in total. The largest absolute Gasteiger partial charge is 0.456 e. The fraction of sp³-hybridized carbons (Fsp3) is 0.476. The molecule has 0 unspecified atom stereocenters. The van der Waals surface area contributed by atoms with E-state index < -0.39 is 5.60 Å². The smallest absolute Gasteiger partial charge is 0.348 e. The van der Waals surface area contributed by atoms with E-state index in [1.54, 1.807) is 11.3 Å². The summed E-state index contributed by atoms with van der Waals surface area (Å²) >= 11 is 5.05. The summed E-state index contributed by atoms with van der Waals surface area (Å²) in [6, 6.07) is 12.4. The SMILES string of the molecule is CC(C)(C)OC(=O)c1ccc(CCCNCCCc2cccc(Br)c2)s1. The van der Waals surface area contributed by atoms with Gasteiger partial charge in [-0.25, -0.2) is 4.79 Å². The number of hydrogen-bond donors (Lipinski definition) is 1. The van der Waals surface area contributed by atoms with Crippen molar-refractivity contribution in [3.63, 3.8) is 0 Å². The van der Waals surface area contributed by atoms with E-state index in [1.807, 2.05) is 32.9 Å². The van der Waals surface area contributed by atoms with Crippen LogP contribution in [0.3, 0.4) is 0 Å². The Morgan fingerprint density at radius 1 is 1.12 bits per heavy atom. The second kappa shape index (κ2) is 10.2. The van der Waals surface area contributed by atoms with Crippen molar-refractivity contribution in [1.82, 2.24) is 5.32 Å². The molecule has 0 aliphatic rings. The molecule has 1 heterocycles. The zero-order valence-electron chi connectivity index (χ0n) is 15.8. The maximum atomic E-state index is 12.0. The predicted octanol–water partition coefficient (Wildman–Crippen LogP) is 5.62. The third-order valence-electron chi connectivity index (χ3n) is 3.75. The Balaban J connectivity index is 1.59. The summed E-state index contributed by atoms with van der Waals surface area (Å²) < 4.78 is 6.55. The number of rotatable bonds is 9. The van der Waals surface area contributed by atoms with Crippen LogP contribution in [-0.2, 0) is 17.6 Å². The molecule has 0 fully saturated rings. The van der Waals surface area contributed by atoms with E-state index in [2.05, 4.69) is 45.5 Å². The average Bonchev–Trinajstić information content (AvgIpc) is 3.01. The fourth-order valence-electron chi connectivity index (χ4n) is 2.57. The van der Waals surface area contributed by atoms with Crippen molar-refractivity contribution in [2.24, 2.45) is 0 Å². The van der Waals surface area contributed by atoms with Crippen LogP contribution in [0.25, 0.3) is 0 Å². The van der Waals surface area contributed by atoms with Crippen molar-refractivity contribution in [1.29, 1.82) is 0 Å². The Morgan fingerprint density at radius 3 is 2.54 bits per heavy atom. The van der Waals surface area contributed by atoms with Gasteiger partial charge < -0.3 is 10.1 Å². The third-order valence-corrected chi connectivity index (χ3v) is 5.36. The normalized spacial score (nSPS) is 11.5. The van der Waals surface area contributed by atoms with Crippen molar-refractivity contribution < 1.29 is 9.53 Å². The number of esters is 1. The number of benzene rings is 1. The van der Waals surface area contributed by atoms with Gasteiger partial charge in [0.15, 0.2) is 0 Å². The van der Waals surface area contributed by atoms with Gasteiger partial charge in [-0.2, -0.15) is 0 Å². The Morgan fingerprint density at radius 2 is 1.85 bits per heavy atom. The second-order valence-corrected chi connectivity index (χ2v) is 9.44. The highest BCUT2D eigenvalue weighted by molar-refractivity contribution is 9.10. The van der Waals surface area contributed by atoms with E-state index >= 15 is 0 Å². The Labute approximate surface area is 169 Å². The highest BCUT2D eigenvalue weighted by Crippen LogP contribution is 2.21. The minimum absolute atomic E-state index is 0.223. The summed E-state index contributed by atoms with van der Waals surface area (Å²) in [5, 5.41) is 3.50. The quantitative estimate of drug-likeness (QED) is 0.408. The second-order valence-electron chi connectivity index (χ2n) is 7.35. The number of carbonyl (C=O) groups is 1. The molecule has 0 aliphatic heterocycles. The van der Waals surface area contributed by atoms with E-state index in [9.17, 15) is 4.79 Å². The van der Waals surface area contributed by atoms with Crippen molar-refractivity contribution in [2.45, 2.75) is 52.1 Å². The van der Waals surface area contributed by atoms with E-state index in [0.717, 1.165) is 43.2 Å². The van der Waals surface area contributed by atoms with Gasteiger partial charge in [0.2, 0.25) is 0 Å². The third kappa shape index (κ3) is 8.02. The van der Waals surface area contributed by atoms with Gasteiger partial charge in [-0.05, 0) is 89.4 Å². The maximum Gasteiger partial charge on any atom is 0.348 e. The molecular formula is C21H28BrNO2S. The summed E-state index contributed by atoms with van der Waals surface area (Å²) in [6.45, 7) is 7.70. The lowest BCUT2D eigenvalue weighted by Gasteiger charge is -2.18. The molecule has 2 rings (SSSR count). The molecule has 0 amide bonds. The molecule has 0 bridgehead atoms. The summed E-state index contributed by atoms with van der Waals surface area (Å²) in [5.41, 5.74) is 0.926. The summed E-state index contributed by atoms with van der Waals surface area (Å²) in [4.78, 5) is 14.0. The fourth-order valence-corrected chi connectivity index (χ4v) is 3.95. The van der Waals surface area contributed by atoms with Gasteiger partial charge >= 0.3 is 5.97 Å². The highest BCUT2D eigenvalue weighted by Gasteiger charge is 2.19. The van der Waals surface area contributed by atoms with E-state index in [1.165, 1.54) is 10.4 Å². The molecule has 142 valence electrons. The maximum absolute atomic E-state index is 12.0. The first-order chi connectivity index (χ1) is 12.3. The molecule has 1 aromatic carbocycles. The molecule has 3 nitrogen and oxygen atoms in total. The highest BCUT2D eigenvalue weighted by atomic mass is 79.9. The topological polar surface area (TPSA) is 38.3 Å². The Hall–Kier alpha value is -1.17. The summed E-state index contributed by atoms with van der Waals surface area (Å²) in [7, 11) is 0. The summed E-state index contributed by atoms with van der Waals surface area (Å²) in [5.74, 6) is -0.223. The van der Waals surface area contributed by atoms with Gasteiger partial charge in [0.05, 0.1) is 0 Å². The van der Waals surface area contributed by atoms with Crippen LogP contribution in [0.4, 0.5) is 0 Å². The Bertz CT molecular complexity index is 706. The molecule has 0 radical (unpaired) electrons. The summed E-state index contributed by atoms with van der Waals surface area (Å²) in [6.07, 6.45) is 4.30. The molecule has 0 saturated carbocycles. The monoisotopic (exact) mass is 437 g/mol. The van der Waals surface area contributed by atoms with E-state index in [-0.39, 0.29) is 5.97 Å². The standard InChI is InChI=1S/C21H28BrNO2S/c1-21(2,3)25-20(24)19-12-11-18(26-19)10-6-14-23-13-5-8-16-7-4-9-17(22)15-16/h4,7,9,11-12,15,23H,5-6,8,10,13-14H2,1-3H3. The van der Waals surface area contributed by atoms with Crippen LogP contribution in [0.5, 0.6) is 0 Å². The van der Waals surface area contributed by atoms with Crippen LogP contribution in [0, 0.1) is 0 Å². The zero-order chi connectivity index (χ0) is 19.0. The minimum Gasteiger partial charge on any atom is -0.456 e. The number of nitrogens with one attached hydrogen (secondary N) is 1. The minimum atomic E-state index is -0.443. The Kier molecular flexibility index (Phi) is 8.32. The number of aryl methyl sites for hydroxylation is 2. The predicted molar refractivity (Wildman–Crippen MR) is 113 cm³/mol. The van der Waals surface area contributed by atoms with E-state index in [0.29, 0.717) is 4.88 Å². The van der Waals surface area contributed by atoms with Crippen molar-refractivity contribution >= 4 is 33.2 Å². The molecular weight excluding hydrogens is 410 g/mol. The lowest BCUT2D eigenvalue weighted by molar-refractivity contribution is 0.00752. The molecule has 2 aromatic rings. The molecule has 1 aromatic heterocycles. The van der Waals surface area contributed by atoms with E-state index in [4.69, 9.17) is 4.74 Å². The lowest BCUT2D eigenvalue weighted by Crippen LogP contribution is -2.23. The average molecular weight is 438 g/mol. The van der Waals surface area contributed by atoms with Gasteiger partial charge in [-0.3, -0.25) is 0 Å². The van der Waals surface area contributed by atoms with Crippen molar-refractivity contribution in [3.05, 3.63) is 56.2 Å². The van der Waals surface area contributed by atoms with Gasteiger partial charge in [-0.1, -0.05) is 28.1 Å². The molecule has 26 heavy (non-hydrogen) atoms. The van der Waals surface area contributed by atoms with Gasteiger partial charge in [0.25, 0.3) is 0 Å². The molecule has 0 aliphatic carbocycles. The lowest BCUT2D eigenvalue weighted by atomic mass is 10.1. The number of carbonyl (C=O) groups excluding carboxylic acids is 1. The first-order valence-corrected chi connectivity index (χ1v) is 10.7. The first-order valence-electron chi connectivity index (χ1n) is 9.11. The number of halogens is 1. The van der Waals surface area contributed by atoms with Crippen LogP contribution < -0.4 is 5.32 Å². The number of thiophene rings is 1. The van der Waals surface area contributed by atoms with Crippen LogP contribution in [0.15, 0.2) is 40.9 Å². The van der Waals surface area contributed by atoms with Gasteiger partial charge in [0, 0.05) is 9.35 Å². The van der Waals surface area contributed by atoms with Crippen molar-refractivity contribution in [2.75, 3.05) is 13.1 Å². The van der Waals surface area contributed by atoms with Crippen LogP contribution >= 0.6 is 27.3 Å². The molecule has 5 heteroatoms. The molecule has 0 spiro atoms. The molecule has 0 atom stereocenters. The number of hydrogen-bond acceptors (Lipinski definition) is 4. The first kappa shape index (κ1) is 21.1. The molecule has 0 saturated heterocycles. The zero-order valence-corrected chi connectivity index (χ0v) is 18.2. The van der Waals surface area contributed by atoms with Crippen LogP contribution in [0.2, 0.25) is 0 Å². The van der Waals surface area contributed by atoms with Crippen LogP contribution in [-0.4, -0.2) is 24.7 Å². The van der Waals surface area contributed by atoms with Crippen LogP contribution in [0.1, 0.15) is 53.7 Å². The van der Waals surface area contributed by atoms with Gasteiger partial charge in [0.1, 0.15) is 10.5 Å². The van der Waals surface area contributed by atoms with Gasteiger partial charge in [-0.15, -0.1) is 11.3 Å². The van der Waals surface area contributed by atoms with Crippen molar-refractivity contribution in [3.8, 4) is 0 Å².